The van der Waals surface area contributed by atoms with Gasteiger partial charge in [0, 0.05) is 27.9 Å². The molecule has 3 nitrogen and oxygen atoms in total. The van der Waals surface area contributed by atoms with E-state index in [1.165, 1.54) is 12.8 Å². The summed E-state index contributed by atoms with van der Waals surface area (Å²) in [4.78, 5) is 4.48. The maximum atomic E-state index is 9.60. The Bertz CT molecular complexity index is 392. The summed E-state index contributed by atoms with van der Waals surface area (Å²) in [6, 6.07) is 0.626. The Balaban J connectivity index is 1.86. The topological polar surface area (TPSA) is 45.1 Å². The summed E-state index contributed by atoms with van der Waals surface area (Å²) in [7, 11) is 0. The Labute approximate surface area is 117 Å². The first-order chi connectivity index (χ1) is 8.50. The summed E-state index contributed by atoms with van der Waals surface area (Å²) in [6.07, 6.45) is 3.47. The summed E-state index contributed by atoms with van der Waals surface area (Å²) in [6.45, 7) is 6.56. The van der Waals surface area contributed by atoms with E-state index < -0.39 is 0 Å². The smallest absolute Gasteiger partial charge is 0.150 e. The number of aliphatic hydroxyl groups is 1. The number of nitrogens with one attached hydrogen (secondary N) is 1. The molecule has 2 N–H and O–H groups in total. The van der Waals surface area contributed by atoms with E-state index in [0.29, 0.717) is 11.3 Å². The van der Waals surface area contributed by atoms with Crippen molar-refractivity contribution < 1.29 is 5.11 Å². The van der Waals surface area contributed by atoms with Crippen LogP contribution in [-0.4, -0.2) is 33.5 Å². The second-order valence-corrected chi connectivity index (χ2v) is 8.07. The third kappa shape index (κ3) is 4.23. The van der Waals surface area contributed by atoms with Gasteiger partial charge in [-0.05, 0) is 33.1 Å². The van der Waals surface area contributed by atoms with Gasteiger partial charge in [0.25, 0.3) is 0 Å². The second kappa shape index (κ2) is 5.90. The van der Waals surface area contributed by atoms with Crippen molar-refractivity contribution in [2.75, 3.05) is 6.61 Å². The van der Waals surface area contributed by atoms with Gasteiger partial charge in [-0.15, -0.1) is 11.3 Å². The van der Waals surface area contributed by atoms with Crippen molar-refractivity contribution in [1.29, 1.82) is 0 Å². The van der Waals surface area contributed by atoms with Gasteiger partial charge in [-0.25, -0.2) is 4.98 Å². The zero-order valence-corrected chi connectivity index (χ0v) is 12.9. The lowest BCUT2D eigenvalue weighted by Gasteiger charge is -2.31. The molecule has 5 heteroatoms. The van der Waals surface area contributed by atoms with E-state index in [1.807, 2.05) is 18.7 Å². The van der Waals surface area contributed by atoms with Gasteiger partial charge in [0.05, 0.1) is 6.61 Å². The van der Waals surface area contributed by atoms with E-state index in [-0.39, 0.29) is 12.1 Å². The van der Waals surface area contributed by atoms with E-state index in [2.05, 4.69) is 29.5 Å². The van der Waals surface area contributed by atoms with Crippen LogP contribution in [0.3, 0.4) is 0 Å². The molecule has 0 bridgehead atoms. The van der Waals surface area contributed by atoms with E-state index in [4.69, 9.17) is 0 Å². The Morgan fingerprint density at radius 2 is 2.39 bits per heavy atom. The Hall–Kier alpha value is -0.100. The first kappa shape index (κ1) is 14.3. The number of thiazole rings is 1. The maximum Gasteiger partial charge on any atom is 0.150 e. The minimum Gasteiger partial charge on any atom is -0.394 e. The van der Waals surface area contributed by atoms with E-state index in [0.717, 1.165) is 16.5 Å². The van der Waals surface area contributed by atoms with Crippen LogP contribution in [0.1, 0.15) is 38.8 Å². The number of nitrogens with zero attached hydrogens (tertiary/aromatic N) is 1. The number of aromatic nitrogens is 1. The lowest BCUT2D eigenvalue weighted by atomic mass is 9.97. The molecule has 0 saturated heterocycles. The van der Waals surface area contributed by atoms with Crippen molar-refractivity contribution in [3.63, 3.8) is 0 Å². The molecule has 2 rings (SSSR count). The van der Waals surface area contributed by atoms with Gasteiger partial charge >= 0.3 is 0 Å². The molecule has 1 aromatic heterocycles. The Morgan fingerprint density at radius 3 is 2.89 bits per heavy atom. The fourth-order valence-electron chi connectivity index (χ4n) is 2.12. The van der Waals surface area contributed by atoms with Gasteiger partial charge in [-0.1, -0.05) is 18.7 Å². The monoisotopic (exact) mass is 286 g/mol. The molecule has 1 aliphatic rings. The minimum absolute atomic E-state index is 0.153. The molecule has 0 radical (unpaired) electrons. The van der Waals surface area contributed by atoms with Crippen molar-refractivity contribution in [1.82, 2.24) is 10.3 Å². The predicted octanol–water partition coefficient (Wildman–Crippen LogP) is 2.83. The van der Waals surface area contributed by atoms with Gasteiger partial charge in [0.2, 0.25) is 0 Å². The first-order valence-electron chi connectivity index (χ1n) is 6.48. The fraction of sp³-hybridized carbons (Fsp3) is 0.769. The van der Waals surface area contributed by atoms with Crippen molar-refractivity contribution in [3.8, 4) is 0 Å². The third-order valence-electron chi connectivity index (χ3n) is 3.12. The molecule has 1 aromatic rings. The number of hydrogen-bond acceptors (Lipinski definition) is 5. The van der Waals surface area contributed by atoms with Crippen molar-refractivity contribution in [3.05, 3.63) is 11.1 Å². The van der Waals surface area contributed by atoms with E-state index in [9.17, 15) is 5.11 Å². The van der Waals surface area contributed by atoms with Crippen LogP contribution < -0.4 is 5.32 Å². The molecular weight excluding hydrogens is 264 g/mol. The minimum atomic E-state index is -0.153. The van der Waals surface area contributed by atoms with Crippen molar-refractivity contribution >= 4 is 23.1 Å². The highest BCUT2D eigenvalue weighted by Crippen LogP contribution is 2.32. The van der Waals surface area contributed by atoms with Crippen LogP contribution >= 0.6 is 23.1 Å². The van der Waals surface area contributed by atoms with E-state index >= 15 is 0 Å². The molecule has 0 spiro atoms. The molecule has 2 atom stereocenters. The summed E-state index contributed by atoms with van der Waals surface area (Å²) >= 11 is 3.52. The number of thioether (sulfide) groups is 1. The molecule has 0 amide bonds. The van der Waals surface area contributed by atoms with E-state index in [1.54, 1.807) is 11.3 Å². The number of rotatable bonds is 7. The van der Waals surface area contributed by atoms with Crippen LogP contribution in [0.25, 0.3) is 0 Å². The Morgan fingerprint density at radius 1 is 1.67 bits per heavy atom. The average molecular weight is 286 g/mol. The van der Waals surface area contributed by atoms with Crippen LogP contribution in [0.4, 0.5) is 0 Å². The Kier molecular flexibility index (Phi) is 4.69. The lowest BCUT2D eigenvalue weighted by molar-refractivity contribution is 0.164. The summed E-state index contributed by atoms with van der Waals surface area (Å²) in [5.74, 6) is 0. The van der Waals surface area contributed by atoms with Crippen molar-refractivity contribution in [2.45, 2.75) is 61.2 Å². The van der Waals surface area contributed by atoms with Gasteiger partial charge in [0.15, 0.2) is 0 Å². The van der Waals surface area contributed by atoms with Gasteiger partial charge in [0.1, 0.15) is 4.34 Å². The normalized spacial score (nSPS) is 20.7. The molecule has 0 aromatic carbocycles. The quantitative estimate of drug-likeness (QED) is 0.757. The summed E-state index contributed by atoms with van der Waals surface area (Å²) in [5.41, 5.74) is 0.940. The third-order valence-corrected chi connectivity index (χ3v) is 5.31. The molecule has 1 heterocycles. The highest BCUT2D eigenvalue weighted by atomic mass is 32.2. The lowest BCUT2D eigenvalue weighted by Crippen LogP contribution is -2.48. The molecule has 1 aliphatic carbocycles. The average Bonchev–Trinajstić information content (AvgIpc) is 3.00. The number of aryl methyl sites for hydroxylation is 1. The molecule has 1 saturated carbocycles. The number of aliphatic hydroxyl groups excluding tert-OH is 1. The van der Waals surface area contributed by atoms with Gasteiger partial charge in [-0.2, -0.15) is 0 Å². The maximum absolute atomic E-state index is 9.60. The highest BCUT2D eigenvalue weighted by molar-refractivity contribution is 8.01. The standard InChI is InChI=1S/C13H22N2OS2/c1-9-7-17-12(14-9)18-10(2)6-13(3,8-16)15-11-4-5-11/h7,10-11,15-16H,4-6,8H2,1-3H3. The van der Waals surface area contributed by atoms with Gasteiger partial charge < -0.3 is 10.4 Å². The molecular formula is C13H22N2OS2. The summed E-state index contributed by atoms with van der Waals surface area (Å²) in [5, 5.41) is 15.7. The van der Waals surface area contributed by atoms with Crippen LogP contribution in [0, 0.1) is 6.92 Å². The predicted molar refractivity (Wildman–Crippen MR) is 78.4 cm³/mol. The van der Waals surface area contributed by atoms with Crippen molar-refractivity contribution in [2.24, 2.45) is 0 Å². The first-order valence-corrected chi connectivity index (χ1v) is 8.24. The fourth-order valence-corrected chi connectivity index (χ4v) is 4.50. The largest absolute Gasteiger partial charge is 0.394 e. The molecule has 18 heavy (non-hydrogen) atoms. The van der Waals surface area contributed by atoms with Crippen LogP contribution in [0.15, 0.2) is 9.72 Å². The zero-order chi connectivity index (χ0) is 13.2. The molecule has 0 aliphatic heterocycles. The summed E-state index contributed by atoms with van der Waals surface area (Å²) < 4.78 is 1.13. The van der Waals surface area contributed by atoms with Gasteiger partial charge in [-0.3, -0.25) is 0 Å². The molecule has 102 valence electrons. The van der Waals surface area contributed by atoms with Crippen LogP contribution in [-0.2, 0) is 0 Å². The SMILES string of the molecule is Cc1csc(SC(C)CC(C)(CO)NC2CC2)n1. The second-order valence-electron chi connectivity index (χ2n) is 5.52. The van der Waals surface area contributed by atoms with Crippen LogP contribution in [0.2, 0.25) is 0 Å². The zero-order valence-electron chi connectivity index (χ0n) is 11.3. The highest BCUT2D eigenvalue weighted by Gasteiger charge is 2.33. The number of hydrogen-bond donors (Lipinski definition) is 2. The molecule has 2 unspecified atom stereocenters. The van der Waals surface area contributed by atoms with Crippen LogP contribution in [0.5, 0.6) is 0 Å². The molecule has 1 fully saturated rings.